The number of carbonyl (C=O) groups is 2. The average Bonchev–Trinajstić information content (AvgIpc) is 2.83. The predicted molar refractivity (Wildman–Crippen MR) is 126 cm³/mol. The Kier molecular flexibility index (Phi) is 8.36. The summed E-state index contributed by atoms with van der Waals surface area (Å²) in [4.78, 5) is 24.3. The van der Waals surface area contributed by atoms with Gasteiger partial charge in [-0.15, -0.1) is 0 Å². The quantitative estimate of drug-likeness (QED) is 0.644. The van der Waals surface area contributed by atoms with Crippen LogP contribution in [0.2, 0.25) is 0 Å². The third-order valence-corrected chi connectivity index (χ3v) is 7.01. The van der Waals surface area contributed by atoms with Crippen LogP contribution in [0.3, 0.4) is 0 Å². The molecule has 0 saturated heterocycles. The molecule has 6 heteroatoms. The van der Waals surface area contributed by atoms with Crippen LogP contribution in [0.25, 0.3) is 0 Å². The van der Waals surface area contributed by atoms with Gasteiger partial charge in [0.15, 0.2) is 0 Å². The second kappa shape index (κ2) is 11.8. The smallest absolute Gasteiger partial charge is 0.410 e. The highest BCUT2D eigenvalue weighted by molar-refractivity contribution is 5.70. The third kappa shape index (κ3) is 7.60. The van der Waals surface area contributed by atoms with Crippen molar-refractivity contribution in [2.45, 2.75) is 69.9 Å². The van der Waals surface area contributed by atoms with Crippen LogP contribution in [-0.2, 0) is 0 Å². The molecule has 2 aliphatic rings. The summed E-state index contributed by atoms with van der Waals surface area (Å²) in [5.74, 6) is 2.66. The van der Waals surface area contributed by atoms with E-state index >= 15 is 0 Å². The molecule has 0 bridgehead atoms. The van der Waals surface area contributed by atoms with E-state index in [4.69, 9.17) is 9.47 Å². The highest BCUT2D eigenvalue weighted by Crippen LogP contribution is 2.35. The number of ether oxygens (including phenoxy) is 2. The molecule has 0 unspecified atom stereocenters. The van der Waals surface area contributed by atoms with E-state index < -0.39 is 0 Å². The normalized spacial score (nSPS) is 25.1. The molecule has 6 nitrogen and oxygen atoms in total. The maximum atomic E-state index is 12.2. The van der Waals surface area contributed by atoms with Gasteiger partial charge in [-0.1, -0.05) is 36.4 Å². The van der Waals surface area contributed by atoms with Gasteiger partial charge in [-0.3, -0.25) is 0 Å². The fourth-order valence-corrected chi connectivity index (χ4v) is 5.23. The summed E-state index contributed by atoms with van der Waals surface area (Å²) in [6.45, 7) is 0. The molecule has 0 atom stereocenters. The summed E-state index contributed by atoms with van der Waals surface area (Å²) < 4.78 is 10.8. The largest absolute Gasteiger partial charge is 0.518 e. The average molecular weight is 452 g/mol. The van der Waals surface area contributed by atoms with Gasteiger partial charge in [0.1, 0.15) is 11.5 Å². The number of para-hydroxylation sites is 2. The van der Waals surface area contributed by atoms with E-state index in [9.17, 15) is 9.59 Å². The molecule has 2 amide bonds. The second-order valence-corrected chi connectivity index (χ2v) is 9.48. The van der Waals surface area contributed by atoms with Crippen molar-refractivity contribution in [2.24, 2.45) is 11.8 Å². The van der Waals surface area contributed by atoms with Gasteiger partial charge in [-0.25, -0.2) is 10.1 Å². The lowest BCUT2D eigenvalue weighted by Gasteiger charge is -2.33. The Labute approximate surface area is 196 Å². The van der Waals surface area contributed by atoms with Gasteiger partial charge in [0.2, 0.25) is 0 Å². The number of benzene rings is 2. The van der Waals surface area contributed by atoms with Crippen LogP contribution in [0, 0.1) is 11.8 Å². The number of carbonyl (C=O) groups excluding carboxylic acids is 2. The van der Waals surface area contributed by atoms with E-state index in [1.165, 1.54) is 19.3 Å². The topological polar surface area (TPSA) is 81.2 Å². The molecule has 0 heterocycles. The molecule has 176 valence electrons. The Hall–Kier alpha value is -2.86. The predicted octanol–water partition coefficient (Wildman–Crippen LogP) is 5.05. The fourth-order valence-electron chi connectivity index (χ4n) is 5.23. The van der Waals surface area contributed by atoms with Crippen LogP contribution in [0.15, 0.2) is 60.7 Å². The molecule has 0 spiro atoms. The third-order valence-electron chi connectivity index (χ3n) is 7.01. The number of rotatable bonds is 6. The van der Waals surface area contributed by atoms with Gasteiger partial charge >= 0.3 is 12.2 Å². The molecule has 2 aromatic carbocycles. The molecule has 0 aliphatic heterocycles. The van der Waals surface area contributed by atoms with Crippen molar-refractivity contribution in [2.75, 3.05) is 0 Å². The summed E-state index contributed by atoms with van der Waals surface area (Å²) in [6.07, 6.45) is 9.52. The molecule has 3 N–H and O–H groups in total. The first-order chi connectivity index (χ1) is 16.1. The Morgan fingerprint density at radius 2 is 1.24 bits per heavy atom. The van der Waals surface area contributed by atoms with Crippen LogP contribution in [-0.4, -0.2) is 24.3 Å². The molecule has 2 aromatic rings. The van der Waals surface area contributed by atoms with Gasteiger partial charge < -0.3 is 14.8 Å². The highest BCUT2D eigenvalue weighted by Gasteiger charge is 2.30. The highest BCUT2D eigenvalue weighted by atomic mass is 16.6. The Morgan fingerprint density at radius 1 is 0.727 bits per heavy atom. The van der Waals surface area contributed by atoms with Crippen molar-refractivity contribution in [1.29, 1.82) is 0 Å². The number of primary amides is 1. The second-order valence-electron chi connectivity index (χ2n) is 9.48. The Balaban J connectivity index is 1.10. The summed E-state index contributed by atoms with van der Waals surface area (Å²) >= 11 is 0. The van der Waals surface area contributed by atoms with E-state index in [2.05, 4.69) is 5.32 Å². The van der Waals surface area contributed by atoms with Crippen molar-refractivity contribution >= 4 is 12.2 Å². The van der Waals surface area contributed by atoms with Crippen LogP contribution in [0.4, 0.5) is 9.59 Å². The lowest BCUT2D eigenvalue weighted by Crippen LogP contribution is -2.94. The van der Waals surface area contributed by atoms with E-state index in [0.29, 0.717) is 17.5 Å². The van der Waals surface area contributed by atoms with Crippen molar-refractivity contribution in [3.63, 3.8) is 0 Å². The number of hydrogen-bond acceptors (Lipinski definition) is 4. The van der Waals surface area contributed by atoms with Crippen molar-refractivity contribution in [1.82, 2.24) is 5.32 Å². The van der Waals surface area contributed by atoms with Crippen LogP contribution < -0.4 is 20.1 Å². The minimum absolute atomic E-state index is 0.207. The van der Waals surface area contributed by atoms with E-state index in [0.717, 1.165) is 50.4 Å². The molecule has 2 fully saturated rings. The summed E-state index contributed by atoms with van der Waals surface area (Å²) in [7, 11) is 0. The first-order valence-electron chi connectivity index (χ1n) is 12.3. The lowest BCUT2D eigenvalue weighted by atomic mass is 9.76. The maximum Gasteiger partial charge on any atom is 0.518 e. The number of nitrogens with two attached hydrogens (primary N) is 1. The zero-order valence-electron chi connectivity index (χ0n) is 19.2. The van der Waals surface area contributed by atoms with E-state index in [1.54, 1.807) is 29.6 Å². The summed E-state index contributed by atoms with van der Waals surface area (Å²) in [5.41, 5.74) is 0. The standard InChI is InChI=1S/C27H34N2O4/c30-26(32-24-7-3-1-4-8-24)28-22-15-11-20(12-16-22)19-21-13-17-23(18-14-21)29-27(31)33-25-9-5-2-6-10-25/h1-10,20-23H,11-19H2,(H,28,30)(H,29,31)/p+1. The van der Waals surface area contributed by atoms with Crippen LogP contribution in [0.5, 0.6) is 11.5 Å². The monoisotopic (exact) mass is 451 g/mol. The molecule has 0 aromatic heterocycles. The minimum atomic E-state index is -0.356. The van der Waals surface area contributed by atoms with E-state index in [-0.39, 0.29) is 18.2 Å². The molecule has 2 aliphatic carbocycles. The number of quaternary nitrogens is 1. The van der Waals surface area contributed by atoms with Crippen LogP contribution >= 0.6 is 0 Å². The molecular weight excluding hydrogens is 416 g/mol. The van der Waals surface area contributed by atoms with Crippen molar-refractivity contribution < 1.29 is 24.4 Å². The summed E-state index contributed by atoms with van der Waals surface area (Å²) in [6, 6.07) is 19.0. The zero-order chi connectivity index (χ0) is 22.9. The molecule has 4 rings (SSSR count). The number of nitrogens with one attached hydrogen (secondary N) is 1. The fraction of sp³-hybridized carbons (Fsp3) is 0.481. The molecular formula is C27H35N2O4+. The molecule has 33 heavy (non-hydrogen) atoms. The van der Waals surface area contributed by atoms with Gasteiger partial charge in [0, 0.05) is 18.9 Å². The summed E-state index contributed by atoms with van der Waals surface area (Å²) in [5, 5.41) is 4.80. The van der Waals surface area contributed by atoms with Gasteiger partial charge in [0.05, 0.1) is 6.04 Å². The Bertz CT molecular complexity index is 800. The lowest BCUT2D eigenvalue weighted by molar-refractivity contribution is -0.608. The van der Waals surface area contributed by atoms with Crippen LogP contribution in [0.1, 0.15) is 57.8 Å². The van der Waals surface area contributed by atoms with Gasteiger partial charge in [-0.2, -0.15) is 4.79 Å². The first-order valence-corrected chi connectivity index (χ1v) is 12.3. The van der Waals surface area contributed by atoms with Crippen molar-refractivity contribution in [3.05, 3.63) is 60.7 Å². The Morgan fingerprint density at radius 3 is 1.82 bits per heavy atom. The van der Waals surface area contributed by atoms with Crippen molar-refractivity contribution in [3.8, 4) is 11.5 Å². The minimum Gasteiger partial charge on any atom is -0.410 e. The number of hydrogen-bond donors (Lipinski definition) is 2. The molecule has 0 radical (unpaired) electrons. The zero-order valence-corrected chi connectivity index (χ0v) is 19.2. The molecule has 2 saturated carbocycles. The first kappa shape index (κ1) is 23.3. The SMILES string of the molecule is O=C(NC1CCC(CC2CCC([NH2+]C(=O)Oc3ccccc3)CC2)CC1)Oc1ccccc1. The van der Waals surface area contributed by atoms with E-state index in [1.807, 2.05) is 36.4 Å². The number of amides is 2. The van der Waals surface area contributed by atoms with Gasteiger partial charge in [-0.05, 0) is 81.0 Å². The maximum absolute atomic E-state index is 12.2. The van der Waals surface area contributed by atoms with Gasteiger partial charge in [0.25, 0.3) is 0 Å².